The van der Waals surface area contributed by atoms with Gasteiger partial charge in [0.1, 0.15) is 11.3 Å². The molecule has 1 amide bonds. The molecule has 0 saturated carbocycles. The van der Waals surface area contributed by atoms with Gasteiger partial charge < -0.3 is 20.1 Å². The first-order valence-corrected chi connectivity index (χ1v) is 10.7. The van der Waals surface area contributed by atoms with Crippen molar-refractivity contribution >= 4 is 28.3 Å². The molecule has 4 aromatic rings. The van der Waals surface area contributed by atoms with Gasteiger partial charge in [-0.3, -0.25) is 9.20 Å². The molecule has 3 heterocycles. The van der Waals surface area contributed by atoms with Crippen molar-refractivity contribution in [1.82, 2.24) is 19.3 Å². The van der Waals surface area contributed by atoms with Crippen LogP contribution in [-0.4, -0.2) is 50.8 Å². The van der Waals surface area contributed by atoms with E-state index in [9.17, 15) is 22.4 Å². The Kier molecular flexibility index (Phi) is 4.65. The molecular formula is C23H17F4N5O3. The maximum absolute atomic E-state index is 14.5. The van der Waals surface area contributed by atoms with E-state index < -0.39 is 30.1 Å². The molecule has 2 atom stereocenters. The summed E-state index contributed by atoms with van der Waals surface area (Å²) >= 11 is 0. The normalized spacial score (nSPS) is 19.7. The van der Waals surface area contributed by atoms with Gasteiger partial charge in [-0.25, -0.2) is 14.4 Å². The summed E-state index contributed by atoms with van der Waals surface area (Å²) in [6.45, 7) is 0.479. The molecule has 2 aliphatic rings. The third-order valence-corrected chi connectivity index (χ3v) is 6.40. The molecule has 35 heavy (non-hydrogen) atoms. The molecule has 12 heteroatoms. The second kappa shape index (κ2) is 7.54. The quantitative estimate of drug-likeness (QED) is 0.434. The Balaban J connectivity index is 1.38. The average Bonchev–Trinajstić information content (AvgIpc) is 3.43. The molecule has 6 rings (SSSR count). The minimum absolute atomic E-state index is 0.231. The Morgan fingerprint density at radius 3 is 2.83 bits per heavy atom. The smallest absolute Gasteiger partial charge is 0.403 e. The molecule has 0 unspecified atom stereocenters. The van der Waals surface area contributed by atoms with E-state index >= 15 is 0 Å². The van der Waals surface area contributed by atoms with Gasteiger partial charge in [-0.2, -0.15) is 0 Å². The first-order valence-electron chi connectivity index (χ1n) is 10.7. The highest BCUT2D eigenvalue weighted by Gasteiger charge is 2.44. The molecular weight excluding hydrogens is 470 g/mol. The molecule has 1 saturated heterocycles. The number of ether oxygens (including phenoxy) is 2. The van der Waals surface area contributed by atoms with E-state index in [2.05, 4.69) is 14.7 Å². The van der Waals surface area contributed by atoms with Crippen LogP contribution in [0.15, 0.2) is 42.9 Å². The van der Waals surface area contributed by atoms with Crippen molar-refractivity contribution in [1.29, 1.82) is 0 Å². The summed E-state index contributed by atoms with van der Waals surface area (Å²) < 4.78 is 63.8. The lowest BCUT2D eigenvalue weighted by molar-refractivity contribution is -0.275. The van der Waals surface area contributed by atoms with Crippen molar-refractivity contribution in [2.45, 2.75) is 24.9 Å². The highest BCUT2D eigenvalue weighted by Crippen LogP contribution is 2.43. The second-order valence-corrected chi connectivity index (χ2v) is 8.44. The van der Waals surface area contributed by atoms with E-state index in [4.69, 9.17) is 10.5 Å². The van der Waals surface area contributed by atoms with Crippen LogP contribution in [0.1, 0.15) is 27.5 Å². The molecule has 1 fully saturated rings. The first-order chi connectivity index (χ1) is 16.7. The number of anilines is 1. The van der Waals surface area contributed by atoms with Crippen LogP contribution < -0.4 is 10.5 Å². The number of rotatable bonds is 2. The summed E-state index contributed by atoms with van der Waals surface area (Å²) in [5.41, 5.74) is 9.01. The van der Waals surface area contributed by atoms with E-state index in [-0.39, 0.29) is 25.5 Å². The zero-order valence-electron chi connectivity index (χ0n) is 17.9. The summed E-state index contributed by atoms with van der Waals surface area (Å²) in [4.78, 5) is 23.6. The van der Waals surface area contributed by atoms with Crippen LogP contribution in [0.2, 0.25) is 0 Å². The number of nitrogens with zero attached hydrogens (tertiary/aromatic N) is 4. The van der Waals surface area contributed by atoms with Gasteiger partial charge in [0.2, 0.25) is 0 Å². The van der Waals surface area contributed by atoms with Crippen LogP contribution in [0.25, 0.3) is 16.6 Å². The van der Waals surface area contributed by atoms with E-state index in [1.165, 1.54) is 0 Å². The zero-order chi connectivity index (χ0) is 24.5. The maximum atomic E-state index is 14.5. The van der Waals surface area contributed by atoms with Gasteiger partial charge in [0.05, 0.1) is 42.3 Å². The lowest BCUT2D eigenvalue weighted by Gasteiger charge is -2.38. The SMILES string of the molecule is Nc1nc2ccc(C(=O)N3CCO[C@@H]4Cc5cc(OC(F)(F)F)c(F)cc5[C@@H]43)cc2n2cncc12. The van der Waals surface area contributed by atoms with Crippen molar-refractivity contribution in [3.05, 3.63) is 65.4 Å². The van der Waals surface area contributed by atoms with Gasteiger partial charge in [-0.1, -0.05) is 0 Å². The summed E-state index contributed by atoms with van der Waals surface area (Å²) in [5.74, 6) is -2.07. The van der Waals surface area contributed by atoms with Gasteiger partial charge >= 0.3 is 6.36 Å². The highest BCUT2D eigenvalue weighted by atomic mass is 19.4. The fourth-order valence-electron chi connectivity index (χ4n) is 4.96. The van der Waals surface area contributed by atoms with Crippen LogP contribution in [0, 0.1) is 5.82 Å². The monoisotopic (exact) mass is 487 g/mol. The topological polar surface area (TPSA) is 95.0 Å². The lowest BCUT2D eigenvalue weighted by Crippen LogP contribution is -2.46. The highest BCUT2D eigenvalue weighted by molar-refractivity contribution is 5.98. The number of nitrogen functional groups attached to an aromatic ring is 1. The molecule has 2 N–H and O–H groups in total. The summed E-state index contributed by atoms with van der Waals surface area (Å²) in [6, 6.07) is 6.37. The fourth-order valence-corrected chi connectivity index (χ4v) is 4.96. The number of halogens is 4. The molecule has 0 bridgehead atoms. The number of hydrogen-bond acceptors (Lipinski definition) is 6. The van der Waals surface area contributed by atoms with E-state index in [1.807, 2.05) is 0 Å². The number of carbonyl (C=O) groups is 1. The van der Waals surface area contributed by atoms with Crippen LogP contribution in [0.3, 0.4) is 0 Å². The number of alkyl halides is 3. The van der Waals surface area contributed by atoms with Gasteiger partial charge in [0, 0.05) is 18.5 Å². The van der Waals surface area contributed by atoms with Crippen LogP contribution in [0.4, 0.5) is 23.4 Å². The third-order valence-electron chi connectivity index (χ3n) is 6.40. The number of nitrogens with two attached hydrogens (primary N) is 1. The summed E-state index contributed by atoms with van der Waals surface area (Å²) in [7, 11) is 0. The van der Waals surface area contributed by atoms with Crippen LogP contribution >= 0.6 is 0 Å². The number of fused-ring (bicyclic) bond motifs is 6. The zero-order valence-corrected chi connectivity index (χ0v) is 17.9. The summed E-state index contributed by atoms with van der Waals surface area (Å²) in [6.07, 6.45) is -2.15. The Hall–Kier alpha value is -3.93. The van der Waals surface area contributed by atoms with Crippen LogP contribution in [0.5, 0.6) is 5.75 Å². The van der Waals surface area contributed by atoms with Crippen molar-refractivity contribution in [2.24, 2.45) is 0 Å². The number of benzene rings is 2. The molecule has 8 nitrogen and oxygen atoms in total. The Labute approximate surface area is 194 Å². The predicted octanol–water partition coefficient (Wildman–Crippen LogP) is 3.64. The van der Waals surface area contributed by atoms with E-state index in [1.54, 1.807) is 40.0 Å². The largest absolute Gasteiger partial charge is 0.573 e. The second-order valence-electron chi connectivity index (χ2n) is 8.44. The Morgan fingerprint density at radius 1 is 1.20 bits per heavy atom. The Bertz CT molecular complexity index is 1500. The molecule has 180 valence electrons. The van der Waals surface area contributed by atoms with Crippen molar-refractivity contribution in [3.63, 3.8) is 0 Å². The number of amides is 1. The van der Waals surface area contributed by atoms with Gasteiger partial charge in [-0.05, 0) is 41.5 Å². The van der Waals surface area contributed by atoms with Crippen LogP contribution in [-0.2, 0) is 11.2 Å². The molecule has 0 radical (unpaired) electrons. The number of imidazole rings is 1. The third kappa shape index (κ3) is 3.52. The number of aromatic nitrogens is 3. The maximum Gasteiger partial charge on any atom is 0.573 e. The number of hydrogen-bond donors (Lipinski definition) is 1. The Morgan fingerprint density at radius 2 is 2.03 bits per heavy atom. The number of morpholine rings is 1. The first kappa shape index (κ1) is 21.6. The van der Waals surface area contributed by atoms with Crippen molar-refractivity contribution in [3.8, 4) is 5.75 Å². The lowest BCUT2D eigenvalue weighted by atomic mass is 10.0. The predicted molar refractivity (Wildman–Crippen MR) is 115 cm³/mol. The molecule has 1 aliphatic heterocycles. The van der Waals surface area contributed by atoms with Crippen molar-refractivity contribution in [2.75, 3.05) is 18.9 Å². The molecule has 2 aromatic carbocycles. The minimum atomic E-state index is -5.02. The van der Waals surface area contributed by atoms with Gasteiger partial charge in [0.15, 0.2) is 11.6 Å². The fraction of sp³-hybridized carbons (Fsp3) is 0.261. The average molecular weight is 487 g/mol. The molecule has 1 aliphatic carbocycles. The summed E-state index contributed by atoms with van der Waals surface area (Å²) in [5, 5.41) is 0. The minimum Gasteiger partial charge on any atom is -0.403 e. The molecule has 2 aromatic heterocycles. The van der Waals surface area contributed by atoms with Gasteiger partial charge in [-0.15, -0.1) is 13.2 Å². The van der Waals surface area contributed by atoms with Crippen molar-refractivity contribution < 1.29 is 31.8 Å². The standard InChI is InChI=1S/C23H17F4N5O3/c24-14-8-13-12(6-18(14)35-23(25,26)27)7-19-20(13)31(3-4-34-19)22(33)11-1-2-15-16(5-11)32-10-29-9-17(32)21(28)30-15/h1-2,5-6,8-10,19-20H,3-4,7H2,(H2,28,30)/t19-,20+/m1/s1. The van der Waals surface area contributed by atoms with Gasteiger partial charge in [0.25, 0.3) is 5.91 Å². The van der Waals surface area contributed by atoms with E-state index in [0.29, 0.717) is 39.1 Å². The number of carbonyl (C=O) groups excluding carboxylic acids is 1. The van der Waals surface area contributed by atoms with E-state index in [0.717, 1.165) is 12.1 Å². The molecule has 0 spiro atoms.